The van der Waals surface area contributed by atoms with Crippen molar-refractivity contribution >= 4 is 15.7 Å². The first-order chi connectivity index (χ1) is 13.3. The molecular formula is C21H19F2NO3S. The highest BCUT2D eigenvalue weighted by Gasteiger charge is 2.27. The summed E-state index contributed by atoms with van der Waals surface area (Å²) in [5.74, 6) is -0.335. The summed E-state index contributed by atoms with van der Waals surface area (Å²) in [5.41, 5.74) is 1.32. The summed E-state index contributed by atoms with van der Waals surface area (Å²) in [4.78, 5) is -0.00765. The second-order valence-electron chi connectivity index (χ2n) is 6.25. The Kier molecular flexibility index (Phi) is 5.65. The van der Waals surface area contributed by atoms with Crippen LogP contribution in [0.5, 0.6) is 5.75 Å². The molecule has 0 atom stereocenters. The van der Waals surface area contributed by atoms with Gasteiger partial charge in [-0.1, -0.05) is 12.1 Å². The first-order valence-electron chi connectivity index (χ1n) is 8.48. The zero-order valence-corrected chi connectivity index (χ0v) is 16.2. The fourth-order valence-corrected chi connectivity index (χ4v) is 4.50. The molecule has 0 saturated heterocycles. The third-order valence-electron chi connectivity index (χ3n) is 4.30. The molecule has 0 saturated carbocycles. The molecule has 0 heterocycles. The number of sulfonamides is 1. The molecule has 7 heteroatoms. The van der Waals surface area contributed by atoms with Crippen LogP contribution < -0.4 is 9.04 Å². The topological polar surface area (TPSA) is 46.6 Å². The van der Waals surface area contributed by atoms with Crippen LogP contribution in [-0.4, -0.2) is 15.5 Å². The van der Waals surface area contributed by atoms with Gasteiger partial charge in [-0.3, -0.25) is 4.31 Å². The highest BCUT2D eigenvalue weighted by molar-refractivity contribution is 7.92. The van der Waals surface area contributed by atoms with Crippen molar-refractivity contribution in [2.75, 3.05) is 11.4 Å². The van der Waals surface area contributed by atoms with E-state index in [-0.39, 0.29) is 11.4 Å². The molecule has 0 aliphatic carbocycles. The van der Waals surface area contributed by atoms with Gasteiger partial charge in [0.1, 0.15) is 17.4 Å². The van der Waals surface area contributed by atoms with Gasteiger partial charge in [-0.05, 0) is 72.6 Å². The lowest BCUT2D eigenvalue weighted by atomic mass is 10.2. The minimum atomic E-state index is -4.02. The zero-order valence-electron chi connectivity index (χ0n) is 15.4. The molecule has 4 nitrogen and oxygen atoms in total. The quantitative estimate of drug-likeness (QED) is 0.601. The van der Waals surface area contributed by atoms with Gasteiger partial charge in [0.15, 0.2) is 0 Å². The van der Waals surface area contributed by atoms with Crippen molar-refractivity contribution in [3.8, 4) is 5.75 Å². The number of benzene rings is 3. The van der Waals surface area contributed by atoms with E-state index in [0.29, 0.717) is 22.6 Å². The molecule has 0 N–H and O–H groups in total. The Labute approximate surface area is 163 Å². The van der Waals surface area contributed by atoms with Gasteiger partial charge < -0.3 is 4.74 Å². The van der Waals surface area contributed by atoms with E-state index in [9.17, 15) is 17.2 Å². The lowest BCUT2D eigenvalue weighted by molar-refractivity contribution is 0.414. The largest absolute Gasteiger partial charge is 0.497 e. The maximum atomic E-state index is 13.5. The van der Waals surface area contributed by atoms with Gasteiger partial charge in [-0.25, -0.2) is 17.2 Å². The van der Waals surface area contributed by atoms with E-state index in [1.165, 1.54) is 47.6 Å². The Hall–Kier alpha value is -2.93. The predicted octanol–water partition coefficient (Wildman–Crippen LogP) is 4.68. The minimum absolute atomic E-state index is 0.00765. The van der Waals surface area contributed by atoms with E-state index in [1.807, 2.05) is 0 Å². The number of anilines is 1. The van der Waals surface area contributed by atoms with Crippen LogP contribution in [0.25, 0.3) is 0 Å². The van der Waals surface area contributed by atoms with Crippen molar-refractivity contribution in [1.82, 2.24) is 0 Å². The predicted molar refractivity (Wildman–Crippen MR) is 104 cm³/mol. The third-order valence-corrected chi connectivity index (χ3v) is 6.24. The number of hydrogen-bond acceptors (Lipinski definition) is 3. The average molecular weight is 403 g/mol. The minimum Gasteiger partial charge on any atom is -0.497 e. The van der Waals surface area contributed by atoms with Crippen LogP contribution in [0.1, 0.15) is 11.1 Å². The van der Waals surface area contributed by atoms with Gasteiger partial charge in [0.25, 0.3) is 10.0 Å². The Balaban J connectivity index is 2.07. The summed E-state index contributed by atoms with van der Waals surface area (Å²) in [6.07, 6.45) is 0. The van der Waals surface area contributed by atoms with Crippen LogP contribution in [0, 0.1) is 18.6 Å². The lowest BCUT2D eigenvalue weighted by Gasteiger charge is -2.25. The molecule has 3 aromatic rings. The van der Waals surface area contributed by atoms with Crippen molar-refractivity contribution in [2.45, 2.75) is 18.4 Å². The molecule has 0 aromatic heterocycles. The number of nitrogens with zero attached hydrogens (tertiary/aromatic N) is 1. The third kappa shape index (κ3) is 4.14. The summed E-state index contributed by atoms with van der Waals surface area (Å²) in [7, 11) is -2.47. The van der Waals surface area contributed by atoms with Gasteiger partial charge in [0, 0.05) is 0 Å². The normalized spacial score (nSPS) is 11.3. The van der Waals surface area contributed by atoms with E-state index < -0.39 is 21.7 Å². The molecule has 28 heavy (non-hydrogen) atoms. The number of ether oxygens (including phenoxy) is 1. The standard InChI is InChI=1S/C21H19F2NO3S/c1-15-13-18(23)7-12-21(15)28(25,26)24(19-8-5-17(22)6-9-19)14-16-3-10-20(27-2)11-4-16/h3-13H,14H2,1-2H3. The Morgan fingerprint density at radius 2 is 1.50 bits per heavy atom. The van der Waals surface area contributed by atoms with Crippen LogP contribution >= 0.6 is 0 Å². The first kappa shape index (κ1) is 19.8. The second-order valence-corrected chi connectivity index (χ2v) is 8.08. The Morgan fingerprint density at radius 1 is 0.893 bits per heavy atom. The van der Waals surface area contributed by atoms with Crippen LogP contribution in [0.4, 0.5) is 14.5 Å². The van der Waals surface area contributed by atoms with E-state index in [0.717, 1.165) is 6.07 Å². The van der Waals surface area contributed by atoms with Crippen molar-refractivity contribution < 1.29 is 21.9 Å². The molecule has 0 amide bonds. The van der Waals surface area contributed by atoms with Crippen LogP contribution in [0.2, 0.25) is 0 Å². The number of aryl methyl sites for hydroxylation is 1. The average Bonchev–Trinajstić information content (AvgIpc) is 2.67. The molecule has 3 aromatic carbocycles. The SMILES string of the molecule is COc1ccc(CN(c2ccc(F)cc2)S(=O)(=O)c2ccc(F)cc2C)cc1. The van der Waals surface area contributed by atoms with E-state index in [4.69, 9.17) is 4.74 Å². The highest BCUT2D eigenvalue weighted by Crippen LogP contribution is 2.28. The maximum absolute atomic E-state index is 13.5. The number of methoxy groups -OCH3 is 1. The molecular weight excluding hydrogens is 384 g/mol. The summed E-state index contributed by atoms with van der Waals surface area (Å²) in [6, 6.07) is 15.7. The van der Waals surface area contributed by atoms with E-state index >= 15 is 0 Å². The molecule has 0 radical (unpaired) electrons. The molecule has 0 fully saturated rings. The highest BCUT2D eigenvalue weighted by atomic mass is 32.2. The van der Waals surface area contributed by atoms with Crippen LogP contribution in [0.15, 0.2) is 71.6 Å². The molecule has 3 rings (SSSR count). The van der Waals surface area contributed by atoms with Crippen LogP contribution in [0.3, 0.4) is 0 Å². The fraction of sp³-hybridized carbons (Fsp3) is 0.143. The van der Waals surface area contributed by atoms with Gasteiger partial charge in [0.2, 0.25) is 0 Å². The summed E-state index contributed by atoms with van der Waals surface area (Å²) < 4.78 is 59.9. The van der Waals surface area contributed by atoms with Crippen molar-refractivity contribution in [3.05, 3.63) is 89.5 Å². The molecule has 0 unspecified atom stereocenters. The van der Waals surface area contributed by atoms with Crippen molar-refractivity contribution in [2.24, 2.45) is 0 Å². The number of hydrogen-bond donors (Lipinski definition) is 0. The Bertz CT molecular complexity index is 1070. The monoisotopic (exact) mass is 403 g/mol. The smallest absolute Gasteiger partial charge is 0.264 e. The second kappa shape index (κ2) is 7.98. The van der Waals surface area contributed by atoms with E-state index in [1.54, 1.807) is 31.4 Å². The number of rotatable bonds is 6. The molecule has 146 valence electrons. The number of halogens is 2. The maximum Gasteiger partial charge on any atom is 0.264 e. The summed E-state index contributed by atoms with van der Waals surface area (Å²) in [5, 5.41) is 0. The Morgan fingerprint density at radius 3 is 2.07 bits per heavy atom. The molecule has 0 bridgehead atoms. The van der Waals surface area contributed by atoms with Crippen LogP contribution in [-0.2, 0) is 16.6 Å². The molecule has 0 aliphatic heterocycles. The first-order valence-corrected chi connectivity index (χ1v) is 9.92. The summed E-state index contributed by atoms with van der Waals surface area (Å²) in [6.45, 7) is 1.56. The van der Waals surface area contributed by atoms with Gasteiger partial charge in [-0.2, -0.15) is 0 Å². The summed E-state index contributed by atoms with van der Waals surface area (Å²) >= 11 is 0. The van der Waals surface area contributed by atoms with Crippen molar-refractivity contribution in [1.29, 1.82) is 0 Å². The van der Waals surface area contributed by atoms with Gasteiger partial charge >= 0.3 is 0 Å². The fourth-order valence-electron chi connectivity index (χ4n) is 2.84. The van der Waals surface area contributed by atoms with E-state index in [2.05, 4.69) is 0 Å². The van der Waals surface area contributed by atoms with Crippen molar-refractivity contribution in [3.63, 3.8) is 0 Å². The van der Waals surface area contributed by atoms with Gasteiger partial charge in [0.05, 0.1) is 24.2 Å². The molecule has 0 aliphatic rings. The van der Waals surface area contributed by atoms with Gasteiger partial charge in [-0.15, -0.1) is 0 Å². The lowest BCUT2D eigenvalue weighted by Crippen LogP contribution is -2.31. The zero-order chi connectivity index (χ0) is 20.3. The molecule has 0 spiro atoms.